The molecule has 0 bridgehead atoms. The van der Waals surface area contributed by atoms with Crippen molar-refractivity contribution in [3.63, 3.8) is 0 Å². The normalized spacial score (nSPS) is 12.1. The molecule has 6 rings (SSSR count). The molecular weight excluding hydrogens is 791 g/mol. The van der Waals surface area contributed by atoms with E-state index >= 15 is 0 Å². The molecule has 0 saturated heterocycles. The summed E-state index contributed by atoms with van der Waals surface area (Å²) < 4.78 is 32.5. The number of hydrogen-bond donors (Lipinski definition) is 1. The Morgan fingerprint density at radius 1 is 0.760 bits per heavy atom. The van der Waals surface area contributed by atoms with Crippen LogP contribution >= 0.6 is 31.9 Å². The molecule has 16 heteroatoms. The van der Waals surface area contributed by atoms with Gasteiger partial charge in [0.1, 0.15) is 0 Å². The van der Waals surface area contributed by atoms with Crippen molar-refractivity contribution in [1.29, 1.82) is 0 Å². The maximum atomic E-state index is 12.2. The van der Waals surface area contributed by atoms with Crippen molar-refractivity contribution in [3.05, 3.63) is 67.6 Å². The van der Waals surface area contributed by atoms with E-state index in [4.69, 9.17) is 23.7 Å². The molecule has 2 aliphatic rings. The van der Waals surface area contributed by atoms with Crippen molar-refractivity contribution >= 4 is 43.8 Å². The predicted octanol–water partition coefficient (Wildman–Crippen LogP) is 3.76. The van der Waals surface area contributed by atoms with Gasteiger partial charge in [-0.05, 0) is 115 Å². The van der Waals surface area contributed by atoms with Crippen LogP contribution < -0.4 is 48.5 Å². The molecule has 50 heavy (non-hydrogen) atoms. The Bertz CT molecular complexity index is 1870. The summed E-state index contributed by atoms with van der Waals surface area (Å²) in [6, 6.07) is 7.77. The van der Waals surface area contributed by atoms with Crippen LogP contribution in [0.3, 0.4) is 0 Å². The second kappa shape index (κ2) is 17.4. The minimum absolute atomic E-state index is 0. The van der Waals surface area contributed by atoms with Crippen LogP contribution in [0.25, 0.3) is 11.4 Å². The fourth-order valence-electron chi connectivity index (χ4n) is 5.85. The van der Waals surface area contributed by atoms with E-state index in [2.05, 4.69) is 41.8 Å². The van der Waals surface area contributed by atoms with Crippen molar-refractivity contribution in [2.24, 2.45) is 0 Å². The molecule has 0 aliphatic carbocycles. The van der Waals surface area contributed by atoms with E-state index in [1.54, 1.807) is 21.1 Å². The van der Waals surface area contributed by atoms with Crippen molar-refractivity contribution < 1.29 is 73.4 Å². The number of fused-ring (bicyclic) bond motifs is 6. The van der Waals surface area contributed by atoms with E-state index in [0.717, 1.165) is 41.0 Å². The third-order valence-electron chi connectivity index (χ3n) is 7.73. The SMILES string of the molecule is CCOC(=O)c1nc(Br)n2c1CCc1cc(OC)c(OC(C)C)cc1-2.COc1cc2c(cc1OC(C)C)-n1c(Br)nc(C(=O)O)c1CC2.[Na+].[OH-]. The molecule has 264 valence electrons. The van der Waals surface area contributed by atoms with Crippen LogP contribution in [0.5, 0.6) is 23.0 Å². The van der Waals surface area contributed by atoms with Crippen LogP contribution in [-0.2, 0) is 30.4 Å². The molecule has 0 saturated carbocycles. The van der Waals surface area contributed by atoms with Gasteiger partial charge in [0.2, 0.25) is 0 Å². The number of carbonyl (C=O) groups is 2. The number of aryl methyl sites for hydroxylation is 2. The number of benzene rings is 2. The number of hydrogen-bond acceptors (Lipinski definition) is 10. The molecular formula is C34H39Br2N4NaO9. The molecule has 2 aromatic heterocycles. The van der Waals surface area contributed by atoms with E-state index < -0.39 is 11.9 Å². The Morgan fingerprint density at radius 3 is 1.56 bits per heavy atom. The minimum Gasteiger partial charge on any atom is -0.870 e. The Balaban J connectivity index is 0.000000261. The average molecular weight is 831 g/mol. The van der Waals surface area contributed by atoms with Crippen molar-refractivity contribution in [3.8, 4) is 34.4 Å². The van der Waals surface area contributed by atoms with E-state index in [9.17, 15) is 14.7 Å². The molecule has 2 aromatic carbocycles. The summed E-state index contributed by atoms with van der Waals surface area (Å²) in [5.74, 6) is 1.27. The Hall–Kier alpha value is -3.08. The number of carboxylic acids is 1. The molecule has 4 aromatic rings. The standard InChI is InChI=1S/C18H21BrN2O4.C16H17BrN2O4.Na.H2O/c1-5-24-17(22)16-12-7-6-11-8-14(23-4)15(25-10(2)3)9-13(11)21(12)18(19)20-16;1-8(2)23-13-7-11-9(6-12(13)22-3)4-5-10-14(15(20)21)18-16(17)19(10)11;;/h8-10H,5-7H2,1-4H3;6-8H,4-5H2,1-3H3,(H,20,21);;1H2/q;;+1;/p-1. The Kier molecular flexibility index (Phi) is 14.4. The number of nitrogens with zero attached hydrogens (tertiary/aromatic N) is 4. The first-order chi connectivity index (χ1) is 22.9. The molecule has 0 unspecified atom stereocenters. The average Bonchev–Trinajstić information content (AvgIpc) is 3.57. The molecule has 0 atom stereocenters. The third kappa shape index (κ3) is 8.34. The number of rotatable bonds is 9. The van der Waals surface area contributed by atoms with Crippen LogP contribution in [0, 0.1) is 0 Å². The summed E-state index contributed by atoms with van der Waals surface area (Å²) in [5, 5.41) is 9.32. The predicted molar refractivity (Wildman–Crippen MR) is 187 cm³/mol. The van der Waals surface area contributed by atoms with E-state index in [-0.39, 0.29) is 52.9 Å². The summed E-state index contributed by atoms with van der Waals surface area (Å²) in [4.78, 5) is 32.1. The van der Waals surface area contributed by atoms with Crippen molar-refractivity contribution in [2.75, 3.05) is 20.8 Å². The van der Waals surface area contributed by atoms with E-state index in [1.165, 1.54) is 0 Å². The molecule has 0 amide bonds. The van der Waals surface area contributed by atoms with E-state index in [1.807, 2.05) is 61.1 Å². The maximum Gasteiger partial charge on any atom is 1.00 e. The van der Waals surface area contributed by atoms with Gasteiger partial charge in [-0.3, -0.25) is 9.13 Å². The number of aromatic carboxylic acids is 1. The number of aromatic nitrogens is 4. The van der Waals surface area contributed by atoms with Crippen LogP contribution in [0.2, 0.25) is 0 Å². The van der Waals surface area contributed by atoms with Gasteiger partial charge in [0.15, 0.2) is 43.9 Å². The topological polar surface area (TPSA) is 166 Å². The minimum atomic E-state index is -1.02. The summed E-state index contributed by atoms with van der Waals surface area (Å²) >= 11 is 6.84. The first-order valence-corrected chi connectivity index (χ1v) is 17.2. The zero-order valence-electron chi connectivity index (χ0n) is 29.3. The number of esters is 1. The molecule has 2 N–H and O–H groups in total. The number of ether oxygens (including phenoxy) is 5. The molecule has 0 spiro atoms. The monoisotopic (exact) mass is 828 g/mol. The zero-order valence-corrected chi connectivity index (χ0v) is 34.5. The molecule has 0 fully saturated rings. The van der Waals surface area contributed by atoms with Gasteiger partial charge in [-0.1, -0.05) is 0 Å². The second-order valence-electron chi connectivity index (χ2n) is 11.6. The third-order valence-corrected chi connectivity index (χ3v) is 8.80. The summed E-state index contributed by atoms with van der Waals surface area (Å²) in [6.45, 7) is 9.93. The van der Waals surface area contributed by atoms with Crippen LogP contribution in [0.15, 0.2) is 33.7 Å². The van der Waals surface area contributed by atoms with Crippen molar-refractivity contribution in [1.82, 2.24) is 19.1 Å². The van der Waals surface area contributed by atoms with Crippen LogP contribution in [-0.4, -0.2) is 74.7 Å². The molecule has 2 aliphatic heterocycles. The molecule has 4 heterocycles. The smallest absolute Gasteiger partial charge is 0.870 e. The quantitative estimate of drug-likeness (QED) is 0.193. The fourth-order valence-corrected chi connectivity index (χ4v) is 7.01. The van der Waals surface area contributed by atoms with Gasteiger partial charge in [0.05, 0.1) is 55.8 Å². The first-order valence-electron chi connectivity index (χ1n) is 15.6. The number of imidazole rings is 2. The summed E-state index contributed by atoms with van der Waals surface area (Å²) in [6.07, 6.45) is 2.86. The number of carbonyl (C=O) groups excluding carboxylic acids is 1. The van der Waals surface area contributed by atoms with Gasteiger partial charge >= 0.3 is 41.5 Å². The number of methoxy groups -OCH3 is 2. The maximum absolute atomic E-state index is 12.2. The largest absolute Gasteiger partial charge is 1.00 e. The summed E-state index contributed by atoms with van der Waals surface area (Å²) in [5.41, 5.74) is 5.99. The molecule has 13 nitrogen and oxygen atoms in total. The van der Waals surface area contributed by atoms with Gasteiger partial charge in [-0.25, -0.2) is 19.6 Å². The van der Waals surface area contributed by atoms with Crippen LogP contribution in [0.1, 0.15) is 78.1 Å². The van der Waals surface area contributed by atoms with Gasteiger partial charge in [-0.15, -0.1) is 0 Å². The molecule has 0 radical (unpaired) electrons. The van der Waals surface area contributed by atoms with Gasteiger partial charge in [0, 0.05) is 12.1 Å². The van der Waals surface area contributed by atoms with E-state index in [0.29, 0.717) is 63.3 Å². The van der Waals surface area contributed by atoms with Crippen LogP contribution in [0.4, 0.5) is 0 Å². The Morgan fingerprint density at radius 2 is 1.18 bits per heavy atom. The van der Waals surface area contributed by atoms with Crippen molar-refractivity contribution in [2.45, 2.75) is 72.5 Å². The Labute approximate surface area is 329 Å². The fraction of sp³-hybridized carbons (Fsp3) is 0.412. The first kappa shape index (κ1) is 41.3. The van der Waals surface area contributed by atoms with Gasteiger partial charge in [0.25, 0.3) is 0 Å². The number of halogens is 2. The van der Waals surface area contributed by atoms with Gasteiger partial charge < -0.3 is 34.3 Å². The number of carboxylic acid groups (broad SMARTS) is 1. The zero-order chi connectivity index (χ0) is 34.9. The summed E-state index contributed by atoms with van der Waals surface area (Å²) in [7, 11) is 3.24. The van der Waals surface area contributed by atoms with Gasteiger partial charge in [-0.2, -0.15) is 0 Å². The second-order valence-corrected chi connectivity index (χ2v) is 13.1.